The van der Waals surface area contributed by atoms with Gasteiger partial charge in [0.2, 0.25) is 0 Å². The summed E-state index contributed by atoms with van der Waals surface area (Å²) in [5.41, 5.74) is -0.0534. The minimum absolute atomic E-state index is 0.0534. The monoisotopic (exact) mass is 328 g/mol. The Morgan fingerprint density at radius 2 is 2.12 bits per heavy atom. The highest BCUT2D eigenvalue weighted by molar-refractivity contribution is 5.40. The lowest BCUT2D eigenvalue weighted by Crippen LogP contribution is -2.45. The fourth-order valence-electron chi connectivity index (χ4n) is 2.93. The Bertz CT molecular complexity index is 757. The summed E-state index contributed by atoms with van der Waals surface area (Å²) in [6.07, 6.45) is 7.21. The molecule has 0 saturated carbocycles. The zero-order chi connectivity index (χ0) is 17.1. The molecule has 7 heteroatoms. The lowest BCUT2D eigenvalue weighted by atomic mass is 10.1. The van der Waals surface area contributed by atoms with Crippen molar-refractivity contribution in [3.8, 4) is 0 Å². The molecular formula is C17H24N6O. The van der Waals surface area contributed by atoms with Crippen molar-refractivity contribution in [3.63, 3.8) is 0 Å². The number of hydrogen-bond donors (Lipinski definition) is 1. The average Bonchev–Trinajstić information content (AvgIpc) is 2.58. The van der Waals surface area contributed by atoms with Crippen LogP contribution in [-0.2, 0) is 7.05 Å². The Hall–Kier alpha value is -2.44. The molecule has 128 valence electrons. The molecule has 1 aliphatic heterocycles. The second-order valence-electron chi connectivity index (χ2n) is 6.55. The van der Waals surface area contributed by atoms with E-state index in [2.05, 4.69) is 39.0 Å². The number of aromatic nitrogens is 4. The number of nitrogens with one attached hydrogen (secondary N) is 1. The van der Waals surface area contributed by atoms with Crippen molar-refractivity contribution in [2.75, 3.05) is 23.3 Å². The Balaban J connectivity index is 1.73. The molecule has 0 spiro atoms. The normalized spacial score (nSPS) is 18.0. The molecular weight excluding hydrogens is 304 g/mol. The zero-order valence-electron chi connectivity index (χ0n) is 14.4. The Morgan fingerprint density at radius 3 is 2.92 bits per heavy atom. The first kappa shape index (κ1) is 16.4. The molecule has 1 saturated heterocycles. The minimum atomic E-state index is -0.0534. The smallest absolute Gasteiger partial charge is 0.293 e. The van der Waals surface area contributed by atoms with Crippen LogP contribution < -0.4 is 15.8 Å². The highest BCUT2D eigenvalue weighted by Crippen LogP contribution is 2.18. The van der Waals surface area contributed by atoms with Crippen LogP contribution in [0.4, 0.5) is 11.6 Å². The van der Waals surface area contributed by atoms with E-state index in [0.29, 0.717) is 11.7 Å². The number of nitrogens with zero attached hydrogens (tertiary/aromatic N) is 5. The van der Waals surface area contributed by atoms with Gasteiger partial charge >= 0.3 is 0 Å². The van der Waals surface area contributed by atoms with Crippen LogP contribution in [0.5, 0.6) is 0 Å². The molecule has 0 aliphatic carbocycles. The zero-order valence-corrected chi connectivity index (χ0v) is 14.4. The van der Waals surface area contributed by atoms with Gasteiger partial charge in [-0.2, -0.15) is 0 Å². The summed E-state index contributed by atoms with van der Waals surface area (Å²) in [7, 11) is 1.75. The van der Waals surface area contributed by atoms with Gasteiger partial charge in [0.1, 0.15) is 11.6 Å². The standard InChI is InChI=1S/C17H24N6O/c1-12(2)15-18-7-6-14(21-15)20-13-5-4-9-23(11-13)16-17(24)22(3)10-8-19-16/h6-8,10,12-13H,4-5,9,11H2,1-3H3,(H,18,20,21)/t13-/m1/s1. The number of aryl methyl sites for hydroxylation is 1. The fourth-order valence-corrected chi connectivity index (χ4v) is 2.93. The molecule has 3 rings (SSSR count). The molecule has 2 aromatic heterocycles. The van der Waals surface area contributed by atoms with E-state index in [1.807, 2.05) is 6.07 Å². The third-order valence-electron chi connectivity index (χ3n) is 4.26. The van der Waals surface area contributed by atoms with E-state index in [0.717, 1.165) is 37.6 Å². The van der Waals surface area contributed by atoms with Gasteiger partial charge in [0.25, 0.3) is 5.56 Å². The number of piperidine rings is 1. The van der Waals surface area contributed by atoms with Crippen LogP contribution in [-0.4, -0.2) is 38.7 Å². The van der Waals surface area contributed by atoms with Gasteiger partial charge in [0.15, 0.2) is 5.82 Å². The molecule has 0 aromatic carbocycles. The van der Waals surface area contributed by atoms with Crippen molar-refractivity contribution in [3.05, 3.63) is 40.8 Å². The van der Waals surface area contributed by atoms with Crippen molar-refractivity contribution in [2.24, 2.45) is 7.05 Å². The molecule has 1 fully saturated rings. The van der Waals surface area contributed by atoms with Gasteiger partial charge < -0.3 is 14.8 Å². The molecule has 3 heterocycles. The third kappa shape index (κ3) is 3.55. The maximum Gasteiger partial charge on any atom is 0.293 e. The van der Waals surface area contributed by atoms with Crippen LogP contribution in [0.15, 0.2) is 29.5 Å². The molecule has 1 N–H and O–H groups in total. The molecule has 24 heavy (non-hydrogen) atoms. The molecule has 1 aliphatic rings. The topological polar surface area (TPSA) is 75.9 Å². The number of anilines is 2. The van der Waals surface area contributed by atoms with Gasteiger partial charge in [-0.15, -0.1) is 0 Å². The lowest BCUT2D eigenvalue weighted by molar-refractivity contribution is 0.522. The van der Waals surface area contributed by atoms with Crippen LogP contribution in [0, 0.1) is 0 Å². The van der Waals surface area contributed by atoms with Crippen LogP contribution >= 0.6 is 0 Å². The van der Waals surface area contributed by atoms with Crippen molar-refractivity contribution in [1.82, 2.24) is 19.5 Å². The fraction of sp³-hybridized carbons (Fsp3) is 0.529. The van der Waals surface area contributed by atoms with E-state index in [4.69, 9.17) is 0 Å². The van der Waals surface area contributed by atoms with Crippen molar-refractivity contribution in [2.45, 2.75) is 38.6 Å². The van der Waals surface area contributed by atoms with E-state index in [-0.39, 0.29) is 11.6 Å². The van der Waals surface area contributed by atoms with E-state index in [9.17, 15) is 4.79 Å². The highest BCUT2D eigenvalue weighted by atomic mass is 16.1. The van der Waals surface area contributed by atoms with Gasteiger partial charge in [-0.05, 0) is 18.9 Å². The van der Waals surface area contributed by atoms with E-state index in [1.165, 1.54) is 0 Å². The van der Waals surface area contributed by atoms with Crippen molar-refractivity contribution in [1.29, 1.82) is 0 Å². The first-order valence-corrected chi connectivity index (χ1v) is 8.40. The third-order valence-corrected chi connectivity index (χ3v) is 4.26. The summed E-state index contributed by atoms with van der Waals surface area (Å²) in [4.78, 5) is 27.5. The van der Waals surface area contributed by atoms with Gasteiger partial charge in [0.05, 0.1) is 0 Å². The minimum Gasteiger partial charge on any atom is -0.365 e. The second-order valence-corrected chi connectivity index (χ2v) is 6.55. The quantitative estimate of drug-likeness (QED) is 0.922. The van der Waals surface area contributed by atoms with Gasteiger partial charge in [-0.25, -0.2) is 15.0 Å². The van der Waals surface area contributed by atoms with Crippen LogP contribution in [0.2, 0.25) is 0 Å². The Kier molecular flexibility index (Phi) is 4.78. The molecule has 0 radical (unpaired) electrons. The predicted molar refractivity (Wildman–Crippen MR) is 94.5 cm³/mol. The molecule has 0 amide bonds. The number of hydrogen-bond acceptors (Lipinski definition) is 6. The van der Waals surface area contributed by atoms with Gasteiger partial charge in [-0.3, -0.25) is 4.79 Å². The highest BCUT2D eigenvalue weighted by Gasteiger charge is 2.23. The van der Waals surface area contributed by atoms with E-state index >= 15 is 0 Å². The summed E-state index contributed by atoms with van der Waals surface area (Å²) < 4.78 is 1.57. The van der Waals surface area contributed by atoms with Gasteiger partial charge in [0, 0.05) is 50.7 Å². The van der Waals surface area contributed by atoms with Crippen molar-refractivity contribution >= 4 is 11.6 Å². The molecule has 2 aromatic rings. The SMILES string of the molecule is CC(C)c1nccc(N[C@@H]2CCCN(c3nccn(C)c3=O)C2)n1. The largest absolute Gasteiger partial charge is 0.365 e. The van der Waals surface area contributed by atoms with Crippen LogP contribution in [0.25, 0.3) is 0 Å². The summed E-state index contributed by atoms with van der Waals surface area (Å²) >= 11 is 0. The second kappa shape index (κ2) is 6.98. The molecule has 1 atom stereocenters. The summed E-state index contributed by atoms with van der Waals surface area (Å²) in [5, 5.41) is 3.48. The first-order valence-electron chi connectivity index (χ1n) is 8.40. The van der Waals surface area contributed by atoms with E-state index < -0.39 is 0 Å². The average molecular weight is 328 g/mol. The molecule has 0 bridgehead atoms. The van der Waals surface area contributed by atoms with Crippen molar-refractivity contribution < 1.29 is 0 Å². The van der Waals surface area contributed by atoms with E-state index in [1.54, 1.807) is 30.2 Å². The molecule has 0 unspecified atom stereocenters. The van der Waals surface area contributed by atoms with Crippen LogP contribution in [0.1, 0.15) is 38.4 Å². The summed E-state index contributed by atoms with van der Waals surface area (Å²) in [6, 6.07) is 2.13. The number of rotatable bonds is 4. The summed E-state index contributed by atoms with van der Waals surface area (Å²) in [5.74, 6) is 2.50. The first-order chi connectivity index (χ1) is 11.5. The Labute approximate surface area is 141 Å². The van der Waals surface area contributed by atoms with Gasteiger partial charge in [-0.1, -0.05) is 13.8 Å². The molecule has 7 nitrogen and oxygen atoms in total. The predicted octanol–water partition coefficient (Wildman–Crippen LogP) is 1.77. The lowest BCUT2D eigenvalue weighted by Gasteiger charge is -2.33. The summed E-state index contributed by atoms with van der Waals surface area (Å²) in [6.45, 7) is 5.76. The maximum absolute atomic E-state index is 12.3. The van der Waals surface area contributed by atoms with Crippen LogP contribution in [0.3, 0.4) is 0 Å². The maximum atomic E-state index is 12.3. The Morgan fingerprint density at radius 1 is 1.29 bits per heavy atom.